The fourth-order valence-corrected chi connectivity index (χ4v) is 1.73. The van der Waals surface area contributed by atoms with Gasteiger partial charge in [-0.25, -0.2) is 0 Å². The van der Waals surface area contributed by atoms with Gasteiger partial charge in [-0.1, -0.05) is 17.7 Å². The number of aryl methyl sites for hydroxylation is 1. The topological polar surface area (TPSA) is 21.3 Å². The zero-order chi connectivity index (χ0) is 12.9. The average molecular weight is 256 g/mol. The van der Waals surface area contributed by atoms with Crippen LogP contribution in [-0.2, 0) is 0 Å². The summed E-state index contributed by atoms with van der Waals surface area (Å²) in [5.74, 6) is 0.771. The van der Waals surface area contributed by atoms with Crippen molar-refractivity contribution in [3.63, 3.8) is 0 Å². The molecule has 0 atom stereocenters. The molecule has 1 aromatic carbocycles. The normalized spacial score (nSPS) is 11.6. The zero-order valence-corrected chi connectivity index (χ0v) is 11.9. The summed E-state index contributed by atoms with van der Waals surface area (Å²) in [4.78, 5) is 0. The van der Waals surface area contributed by atoms with Gasteiger partial charge in [-0.2, -0.15) is 0 Å². The predicted octanol–water partition coefficient (Wildman–Crippen LogP) is 3.81. The molecule has 0 unspecified atom stereocenters. The maximum absolute atomic E-state index is 6.07. The van der Waals surface area contributed by atoms with E-state index in [9.17, 15) is 0 Å². The van der Waals surface area contributed by atoms with Gasteiger partial charge in [0.1, 0.15) is 5.75 Å². The van der Waals surface area contributed by atoms with Crippen LogP contribution in [0.1, 0.15) is 32.8 Å². The summed E-state index contributed by atoms with van der Waals surface area (Å²) >= 11 is 6.07. The third kappa shape index (κ3) is 5.94. The minimum Gasteiger partial charge on any atom is -0.492 e. The Bertz CT molecular complexity index is 358. The summed E-state index contributed by atoms with van der Waals surface area (Å²) in [5, 5.41) is 4.11. The van der Waals surface area contributed by atoms with Crippen molar-refractivity contribution >= 4 is 11.6 Å². The molecule has 1 aromatic rings. The van der Waals surface area contributed by atoms with Gasteiger partial charge in [0.05, 0.1) is 11.6 Å². The molecule has 0 amide bonds. The second-order valence-corrected chi connectivity index (χ2v) is 5.72. The predicted molar refractivity (Wildman–Crippen MR) is 74.1 cm³/mol. The monoisotopic (exact) mass is 255 g/mol. The molecule has 0 bridgehead atoms. The van der Waals surface area contributed by atoms with Crippen LogP contribution in [0.2, 0.25) is 5.02 Å². The molecule has 1 rings (SSSR count). The fraction of sp³-hybridized carbons (Fsp3) is 0.571. The van der Waals surface area contributed by atoms with E-state index >= 15 is 0 Å². The molecule has 0 aliphatic carbocycles. The van der Waals surface area contributed by atoms with Gasteiger partial charge >= 0.3 is 0 Å². The fourth-order valence-electron chi connectivity index (χ4n) is 1.44. The summed E-state index contributed by atoms with van der Waals surface area (Å²) in [6, 6.07) is 5.85. The Morgan fingerprint density at radius 1 is 1.29 bits per heavy atom. The highest BCUT2D eigenvalue weighted by Gasteiger charge is 2.07. The van der Waals surface area contributed by atoms with Crippen LogP contribution in [0.3, 0.4) is 0 Å². The lowest BCUT2D eigenvalue weighted by Gasteiger charge is -2.20. The number of ether oxygens (including phenoxy) is 1. The minimum absolute atomic E-state index is 0.168. The summed E-state index contributed by atoms with van der Waals surface area (Å²) in [5.41, 5.74) is 1.32. The second-order valence-electron chi connectivity index (χ2n) is 5.31. The molecule has 17 heavy (non-hydrogen) atoms. The molecule has 0 aromatic heterocycles. The molecule has 1 N–H and O–H groups in total. The minimum atomic E-state index is 0.168. The molecule has 0 aliphatic rings. The van der Waals surface area contributed by atoms with Crippen LogP contribution in [0, 0.1) is 6.92 Å². The van der Waals surface area contributed by atoms with Crippen molar-refractivity contribution in [3.8, 4) is 5.75 Å². The number of hydrogen-bond acceptors (Lipinski definition) is 2. The van der Waals surface area contributed by atoms with Gasteiger partial charge < -0.3 is 10.1 Å². The van der Waals surface area contributed by atoms with Gasteiger partial charge in [0.15, 0.2) is 0 Å². The Hall–Kier alpha value is -0.730. The first-order valence-corrected chi connectivity index (χ1v) is 6.40. The number of nitrogens with one attached hydrogen (secondary N) is 1. The first-order valence-electron chi connectivity index (χ1n) is 6.02. The molecule has 0 radical (unpaired) electrons. The van der Waals surface area contributed by atoms with Gasteiger partial charge in [0.25, 0.3) is 0 Å². The Labute approximate surface area is 109 Å². The van der Waals surface area contributed by atoms with E-state index in [0.29, 0.717) is 11.6 Å². The Balaban J connectivity index is 2.27. The second kappa shape index (κ2) is 6.27. The quantitative estimate of drug-likeness (QED) is 0.808. The molecule has 0 spiro atoms. The van der Waals surface area contributed by atoms with Crippen LogP contribution >= 0.6 is 11.6 Å². The summed E-state index contributed by atoms with van der Waals surface area (Å²) < 4.78 is 5.63. The number of benzene rings is 1. The van der Waals surface area contributed by atoms with E-state index in [2.05, 4.69) is 26.1 Å². The third-order valence-corrected chi connectivity index (χ3v) is 2.62. The van der Waals surface area contributed by atoms with Crippen molar-refractivity contribution in [3.05, 3.63) is 28.8 Å². The molecule has 0 saturated carbocycles. The Morgan fingerprint density at radius 3 is 2.59 bits per heavy atom. The van der Waals surface area contributed by atoms with Gasteiger partial charge in [-0.15, -0.1) is 0 Å². The van der Waals surface area contributed by atoms with Crippen molar-refractivity contribution < 1.29 is 4.74 Å². The van der Waals surface area contributed by atoms with Crippen molar-refractivity contribution in [2.45, 2.75) is 39.7 Å². The highest BCUT2D eigenvalue weighted by molar-refractivity contribution is 6.32. The lowest BCUT2D eigenvalue weighted by molar-refractivity contribution is 0.298. The molecule has 0 saturated heterocycles. The van der Waals surface area contributed by atoms with Crippen LogP contribution in [-0.4, -0.2) is 18.7 Å². The Morgan fingerprint density at radius 2 is 2.00 bits per heavy atom. The molecule has 0 aliphatic heterocycles. The van der Waals surface area contributed by atoms with Gasteiger partial charge in [-0.05, 0) is 58.4 Å². The van der Waals surface area contributed by atoms with Crippen LogP contribution in [0.5, 0.6) is 5.75 Å². The molecule has 0 heterocycles. The van der Waals surface area contributed by atoms with Gasteiger partial charge in [0, 0.05) is 5.54 Å². The van der Waals surface area contributed by atoms with Crippen LogP contribution in [0.25, 0.3) is 0 Å². The molecular formula is C14H22ClNO. The summed E-state index contributed by atoms with van der Waals surface area (Å²) in [6.07, 6.45) is 0.974. The molecule has 2 nitrogen and oxygen atoms in total. The zero-order valence-electron chi connectivity index (χ0n) is 11.1. The van der Waals surface area contributed by atoms with Gasteiger partial charge in [0.2, 0.25) is 0 Å². The van der Waals surface area contributed by atoms with E-state index in [0.717, 1.165) is 24.3 Å². The number of halogens is 1. The van der Waals surface area contributed by atoms with E-state index in [-0.39, 0.29) is 5.54 Å². The molecule has 96 valence electrons. The maximum Gasteiger partial charge on any atom is 0.137 e. The van der Waals surface area contributed by atoms with E-state index in [4.69, 9.17) is 16.3 Å². The lowest BCUT2D eigenvalue weighted by atomic mass is 10.1. The standard InChI is InChI=1S/C14H22ClNO/c1-11-6-7-13(12(15)10-11)17-9-5-8-16-14(2,3)4/h6-7,10,16H,5,8-9H2,1-4H3. The van der Waals surface area contributed by atoms with Crippen molar-refractivity contribution in [2.75, 3.05) is 13.2 Å². The van der Waals surface area contributed by atoms with Gasteiger partial charge in [-0.3, -0.25) is 0 Å². The lowest BCUT2D eigenvalue weighted by Crippen LogP contribution is -2.36. The SMILES string of the molecule is Cc1ccc(OCCCNC(C)(C)C)c(Cl)c1. The average Bonchev–Trinajstić information content (AvgIpc) is 2.18. The number of hydrogen-bond donors (Lipinski definition) is 1. The number of rotatable bonds is 5. The van der Waals surface area contributed by atoms with Crippen molar-refractivity contribution in [2.24, 2.45) is 0 Å². The summed E-state index contributed by atoms with van der Waals surface area (Å²) in [7, 11) is 0. The van der Waals surface area contributed by atoms with E-state index in [1.807, 2.05) is 25.1 Å². The first-order chi connectivity index (χ1) is 7.88. The molecule has 3 heteroatoms. The molecular weight excluding hydrogens is 234 g/mol. The van der Waals surface area contributed by atoms with E-state index in [1.54, 1.807) is 0 Å². The first kappa shape index (κ1) is 14.3. The van der Waals surface area contributed by atoms with Crippen LogP contribution < -0.4 is 10.1 Å². The molecule has 0 fully saturated rings. The van der Waals surface area contributed by atoms with E-state index < -0.39 is 0 Å². The van der Waals surface area contributed by atoms with E-state index in [1.165, 1.54) is 0 Å². The highest BCUT2D eigenvalue weighted by atomic mass is 35.5. The van der Waals surface area contributed by atoms with Crippen molar-refractivity contribution in [1.82, 2.24) is 5.32 Å². The maximum atomic E-state index is 6.07. The van der Waals surface area contributed by atoms with Crippen LogP contribution in [0.15, 0.2) is 18.2 Å². The smallest absolute Gasteiger partial charge is 0.137 e. The summed E-state index contributed by atoms with van der Waals surface area (Å²) in [6.45, 7) is 10.1. The van der Waals surface area contributed by atoms with Crippen molar-refractivity contribution in [1.29, 1.82) is 0 Å². The highest BCUT2D eigenvalue weighted by Crippen LogP contribution is 2.25. The van der Waals surface area contributed by atoms with Crippen LogP contribution in [0.4, 0.5) is 0 Å². The largest absolute Gasteiger partial charge is 0.492 e. The Kier molecular flexibility index (Phi) is 5.29. The third-order valence-electron chi connectivity index (χ3n) is 2.32.